The van der Waals surface area contributed by atoms with Gasteiger partial charge in [0.15, 0.2) is 0 Å². The van der Waals surface area contributed by atoms with Gasteiger partial charge in [-0.2, -0.15) is 0 Å². The van der Waals surface area contributed by atoms with E-state index < -0.39 is 288 Å². The number of aliphatic hydroxyl groups is 1. The number of nitrogens with zero attached hydrogens (tertiary/aromatic N) is 10. The van der Waals surface area contributed by atoms with Crippen LogP contribution in [0.4, 0.5) is 0 Å². The Morgan fingerprint density at radius 2 is 0.479 bits per heavy atom. The fourth-order valence-electron chi connectivity index (χ4n) is 15.3. The summed E-state index contributed by atoms with van der Waals surface area (Å²) in [6.45, 7) is 39.8. The van der Waals surface area contributed by atoms with E-state index >= 15 is 0 Å². The number of nitrogens with one attached hydrogen (secondary N) is 8. The first-order valence-corrected chi connectivity index (χ1v) is 42.1. The van der Waals surface area contributed by atoms with Crippen molar-refractivity contribution >= 4 is 106 Å². The van der Waals surface area contributed by atoms with E-state index in [1.165, 1.54) is 98.2 Å². The number of aliphatic hydroxyl groups excluding tert-OH is 1. The molecule has 1 rings (SSSR count). The number of carbonyl (C=O) groups excluding carboxylic acids is 18. The largest absolute Gasteiger partial charge is 0.394 e. The average molecular weight is 1720 g/mol. The summed E-state index contributed by atoms with van der Waals surface area (Å²) >= 11 is 0. The molecule has 1 heterocycles. The second kappa shape index (κ2) is 47.7. The molecule has 9 N–H and O–H groups in total. The van der Waals surface area contributed by atoms with Gasteiger partial charge in [0, 0.05) is 70.5 Å². The Morgan fingerprint density at radius 1 is 0.248 bits per heavy atom. The molecule has 121 heavy (non-hydrogen) atoms. The van der Waals surface area contributed by atoms with Gasteiger partial charge in [0.2, 0.25) is 106 Å². The molecule has 0 aromatic carbocycles. The first-order chi connectivity index (χ1) is 55.5. The van der Waals surface area contributed by atoms with Gasteiger partial charge in [-0.1, -0.05) is 152 Å². The third kappa shape index (κ3) is 28.8. The molecule has 690 valence electrons. The molecule has 18 amide bonds. The molecule has 0 aromatic heterocycles. The van der Waals surface area contributed by atoms with Crippen LogP contribution in [0.15, 0.2) is 0 Å². The first kappa shape index (κ1) is 109. The zero-order valence-electron chi connectivity index (χ0n) is 79.0. The molecule has 0 unspecified atom stereocenters. The summed E-state index contributed by atoms with van der Waals surface area (Å²) in [5.41, 5.74) is 0. The van der Waals surface area contributed by atoms with Crippen LogP contribution in [-0.2, 0) is 86.3 Å². The Kier molecular flexibility index (Phi) is 43.2. The molecule has 0 spiro atoms. The quantitative estimate of drug-likeness (QED) is 0.121. The second-order valence-corrected chi connectivity index (χ2v) is 36.4. The highest BCUT2D eigenvalue weighted by Gasteiger charge is 2.47. The van der Waals surface area contributed by atoms with Crippen LogP contribution in [-0.4, -0.2) is 347 Å². The molecule has 1 saturated heterocycles. The van der Waals surface area contributed by atoms with Gasteiger partial charge in [-0.25, -0.2) is 0 Å². The van der Waals surface area contributed by atoms with Crippen LogP contribution >= 0.6 is 0 Å². The van der Waals surface area contributed by atoms with Crippen molar-refractivity contribution in [1.29, 1.82) is 0 Å². The highest BCUT2D eigenvalue weighted by atomic mass is 16.3. The SMILES string of the molecule is CC(C)[C@@H]1NC(=O)[C@H](C(C)C)N(C)C(=O)[C@H](C)NC(=O)[C@H](C(C)C)N(C)C(=O)[C@H](C(C)C)NC(=O)[C@H](C(C)C)N(C)C(=O)[C@H](C(C)C)NC(=O)[C@H](C(C)C)N(C)C(=O)[C@H](CO)NC(=O)[C@H](C(C)C)N(C)C(=O)[C@H](C)NC(=O)[C@H](C(C)C)N(C)C(=O)[C@H](C)NC(=O)CN(C)C(=O)[C@H](C(C)C)NC(=O)[C@H](C)N(C)C(=O)[C@H](C(C)C)N(C)C(=O)CN(C)C1=O. The summed E-state index contributed by atoms with van der Waals surface area (Å²) in [6, 6.07) is -21.1. The minimum Gasteiger partial charge on any atom is -0.394 e. The Bertz CT molecular complexity index is 3660. The van der Waals surface area contributed by atoms with E-state index in [9.17, 15) is 91.4 Å². The van der Waals surface area contributed by atoms with Crippen LogP contribution in [0.1, 0.15) is 180 Å². The Morgan fingerprint density at radius 3 is 0.752 bits per heavy atom. The summed E-state index contributed by atoms with van der Waals surface area (Å²) in [7, 11) is 13.3. The highest BCUT2D eigenvalue weighted by Crippen LogP contribution is 2.24. The molecule has 0 radical (unpaired) electrons. The van der Waals surface area contributed by atoms with Crippen molar-refractivity contribution in [3.63, 3.8) is 0 Å². The third-order valence-corrected chi connectivity index (χ3v) is 22.4. The lowest BCUT2D eigenvalue weighted by Gasteiger charge is -2.38. The number of amides is 18. The number of likely N-dealkylation sites (N-methyl/N-ethyl adjacent to an activating group) is 10. The van der Waals surface area contributed by atoms with E-state index in [4.69, 9.17) is 0 Å². The standard InChI is InChI=1S/C84H150N18O19/c1-40(2)58-80(117)93(27)37-56(104)85-51(23)76(113)97(31)62(44(9)10)70(107)86-52(24)77(114)98(32)64(46(13)14)72(109)88-55(39-103)79(116)100(34)66(48(17)18)74(111)91-61(43(7)8)83(120)102(36)67(49(19)20)75(112)92-60(42(5)6)82(119)101(35)63(45(11)12)71(108)87-53(25)78(115)99(33)65(47(15)16)73(110)90-59(41(3)4)81(118)94(28)38-57(105)96(30)68(50(21)22)84(121)95(29)54(26)69(106)89-58/h40-55,58-68,103H,37-39H2,1-36H3,(H,85,104)(H,86,107)(H,87,108)(H,88,109)(H,89,106)(H,90,110)(H,91,111)(H,92,112)/t51-,52-,53-,54-,55-,58-,59-,60-,61-,62-,63-,64-,65-,66-,67-,68-/m0/s1. The minimum absolute atomic E-state index is 0.574. The lowest BCUT2D eigenvalue weighted by molar-refractivity contribution is -0.151. The molecule has 1 aliphatic heterocycles. The molecule has 37 heteroatoms. The number of carbonyl (C=O) groups is 18. The van der Waals surface area contributed by atoms with Crippen LogP contribution in [0.5, 0.6) is 0 Å². The maximum atomic E-state index is 14.9. The Hall–Kier alpha value is -9.58. The molecule has 1 fully saturated rings. The summed E-state index contributed by atoms with van der Waals surface area (Å²) in [5.74, 6) is -20.6. The third-order valence-electron chi connectivity index (χ3n) is 22.4. The first-order valence-electron chi connectivity index (χ1n) is 42.1. The van der Waals surface area contributed by atoms with Crippen LogP contribution in [0.2, 0.25) is 0 Å². The van der Waals surface area contributed by atoms with E-state index in [-0.39, 0.29) is 0 Å². The van der Waals surface area contributed by atoms with Gasteiger partial charge in [-0.15, -0.1) is 0 Å². The van der Waals surface area contributed by atoms with Crippen molar-refractivity contribution in [1.82, 2.24) is 91.5 Å². The molecule has 0 bridgehead atoms. The smallest absolute Gasteiger partial charge is 0.247 e. The monoisotopic (exact) mass is 1720 g/mol. The van der Waals surface area contributed by atoms with Crippen molar-refractivity contribution in [3.8, 4) is 0 Å². The summed E-state index contributed by atoms with van der Waals surface area (Å²) in [5, 5.41) is 32.3. The predicted octanol–water partition coefficient (Wildman–Crippen LogP) is -0.301. The van der Waals surface area contributed by atoms with Gasteiger partial charge in [-0.3, -0.25) is 86.3 Å². The number of hydrogen-bond acceptors (Lipinski definition) is 19. The van der Waals surface area contributed by atoms with Crippen LogP contribution < -0.4 is 42.5 Å². The highest BCUT2D eigenvalue weighted by molar-refractivity contribution is 6.02. The zero-order valence-corrected chi connectivity index (χ0v) is 79.0. The summed E-state index contributed by atoms with van der Waals surface area (Å²) < 4.78 is 0. The predicted molar refractivity (Wildman–Crippen MR) is 456 cm³/mol. The average Bonchev–Trinajstić information content (AvgIpc) is 0.819. The normalized spacial score (nSPS) is 27.8. The van der Waals surface area contributed by atoms with Gasteiger partial charge in [0.25, 0.3) is 0 Å². The van der Waals surface area contributed by atoms with Gasteiger partial charge in [-0.05, 0) is 92.8 Å². The zero-order chi connectivity index (χ0) is 94.5. The molecular weight excluding hydrogens is 1570 g/mol. The van der Waals surface area contributed by atoms with E-state index in [1.54, 1.807) is 152 Å². The Balaban J connectivity index is 4.17. The molecular formula is C84H150N18O19. The molecule has 1 aliphatic rings. The van der Waals surface area contributed by atoms with E-state index in [2.05, 4.69) is 42.5 Å². The van der Waals surface area contributed by atoms with Crippen molar-refractivity contribution < 1.29 is 91.4 Å². The molecule has 0 saturated carbocycles. The van der Waals surface area contributed by atoms with E-state index in [0.29, 0.717) is 0 Å². The topological polar surface area (TPSA) is 456 Å². The summed E-state index contributed by atoms with van der Waals surface area (Å²) in [6.07, 6.45) is 0. The number of rotatable bonds is 12. The lowest BCUT2D eigenvalue weighted by atomic mass is 9.95. The van der Waals surface area contributed by atoms with Crippen LogP contribution in [0, 0.1) is 65.1 Å². The Labute approximate surface area is 718 Å². The van der Waals surface area contributed by atoms with Gasteiger partial charge < -0.3 is 96.6 Å². The van der Waals surface area contributed by atoms with E-state index in [0.717, 1.165) is 49.0 Å². The minimum atomic E-state index is -1.70. The van der Waals surface area contributed by atoms with Crippen molar-refractivity contribution in [2.75, 3.05) is 90.2 Å². The number of hydrogen-bond donors (Lipinski definition) is 9. The molecule has 0 aliphatic carbocycles. The van der Waals surface area contributed by atoms with Gasteiger partial charge in [0.1, 0.15) is 96.7 Å². The maximum absolute atomic E-state index is 14.9. The van der Waals surface area contributed by atoms with Crippen molar-refractivity contribution in [2.45, 2.75) is 277 Å². The van der Waals surface area contributed by atoms with Crippen LogP contribution in [0.3, 0.4) is 0 Å². The molecule has 0 aromatic rings. The van der Waals surface area contributed by atoms with Crippen LogP contribution in [0.25, 0.3) is 0 Å². The second-order valence-electron chi connectivity index (χ2n) is 36.4. The van der Waals surface area contributed by atoms with Gasteiger partial charge in [0.05, 0.1) is 19.7 Å². The lowest BCUT2D eigenvalue weighted by Crippen LogP contribution is -2.63. The van der Waals surface area contributed by atoms with E-state index in [1.807, 2.05) is 0 Å². The maximum Gasteiger partial charge on any atom is 0.247 e. The molecule has 16 atom stereocenters. The fraction of sp³-hybridized carbons (Fsp3) is 0.786. The molecule has 37 nitrogen and oxygen atoms in total. The van der Waals surface area contributed by atoms with Crippen molar-refractivity contribution in [3.05, 3.63) is 0 Å². The van der Waals surface area contributed by atoms with Gasteiger partial charge >= 0.3 is 0 Å². The summed E-state index contributed by atoms with van der Waals surface area (Å²) in [4.78, 5) is 271. The van der Waals surface area contributed by atoms with Crippen molar-refractivity contribution in [2.24, 2.45) is 65.1 Å². The fourth-order valence-corrected chi connectivity index (χ4v) is 15.3.